The van der Waals surface area contributed by atoms with E-state index in [1.165, 1.54) is 4.88 Å². The molecule has 0 saturated carbocycles. The van der Waals surface area contributed by atoms with Crippen LogP contribution in [0.15, 0.2) is 21.1 Å². The maximum absolute atomic E-state index is 3.85. The average Bonchev–Trinajstić information content (AvgIpc) is 2.71. The number of hydrogen-bond acceptors (Lipinski definition) is 5. The van der Waals surface area contributed by atoms with Gasteiger partial charge in [-0.2, -0.15) is 5.21 Å². The van der Waals surface area contributed by atoms with Crippen molar-refractivity contribution in [2.75, 3.05) is 0 Å². The van der Waals surface area contributed by atoms with E-state index < -0.39 is 0 Å². The Kier molecular flexibility index (Phi) is 2.97. The molecule has 2 heterocycles. The predicted octanol–water partition coefficient (Wildman–Crippen LogP) is 2.32. The third-order valence-corrected chi connectivity index (χ3v) is 4.06. The van der Waals surface area contributed by atoms with Gasteiger partial charge in [-0.15, -0.1) is 21.5 Å². The van der Waals surface area contributed by atoms with Crippen molar-refractivity contribution in [1.82, 2.24) is 20.6 Å². The molecule has 68 valence electrons. The van der Waals surface area contributed by atoms with Crippen LogP contribution >= 0.6 is 39.0 Å². The molecule has 1 N–H and O–H groups in total. The molecule has 0 saturated heterocycles. The van der Waals surface area contributed by atoms with Crippen molar-refractivity contribution < 1.29 is 0 Å². The van der Waals surface area contributed by atoms with Gasteiger partial charge in [0.25, 0.3) is 0 Å². The van der Waals surface area contributed by atoms with Crippen molar-refractivity contribution in [3.05, 3.63) is 20.8 Å². The van der Waals surface area contributed by atoms with Crippen molar-refractivity contribution in [2.45, 2.75) is 10.9 Å². The second-order valence-corrected chi connectivity index (χ2v) is 5.07. The smallest absolute Gasteiger partial charge is 0.176 e. The van der Waals surface area contributed by atoms with Gasteiger partial charge in [0.15, 0.2) is 0 Å². The van der Waals surface area contributed by atoms with Crippen molar-refractivity contribution in [2.24, 2.45) is 0 Å². The molecule has 4 nitrogen and oxygen atoms in total. The molecular formula is C6H5BrN4S2. The monoisotopic (exact) mass is 276 g/mol. The highest BCUT2D eigenvalue weighted by atomic mass is 79.9. The Bertz CT molecular complexity index is 372. The third kappa shape index (κ3) is 2.52. The molecule has 0 aliphatic heterocycles. The highest BCUT2D eigenvalue weighted by molar-refractivity contribution is 9.10. The zero-order valence-electron chi connectivity index (χ0n) is 6.40. The van der Waals surface area contributed by atoms with E-state index in [1.807, 2.05) is 0 Å². The predicted molar refractivity (Wildman–Crippen MR) is 55.8 cm³/mol. The number of hydrogen-bond donors (Lipinski definition) is 1. The second-order valence-electron chi connectivity index (χ2n) is 2.21. The fourth-order valence-electron chi connectivity index (χ4n) is 0.779. The summed E-state index contributed by atoms with van der Waals surface area (Å²) in [5, 5.41) is 16.3. The number of nitrogens with zero attached hydrogens (tertiary/aromatic N) is 3. The molecule has 13 heavy (non-hydrogen) atoms. The Hall–Kier alpha value is -0.400. The number of H-pyrrole nitrogens is 1. The Morgan fingerprint density at radius 3 is 3.15 bits per heavy atom. The lowest BCUT2D eigenvalue weighted by atomic mass is 10.5. The fraction of sp³-hybridized carbons (Fsp3) is 0.167. The summed E-state index contributed by atoms with van der Waals surface area (Å²) in [7, 11) is 0. The fourth-order valence-corrected chi connectivity index (χ4v) is 3.02. The number of thioether (sulfide) groups is 1. The number of nitrogens with one attached hydrogen (secondary N) is 1. The summed E-state index contributed by atoms with van der Waals surface area (Å²) in [5.74, 6) is 0.885. The van der Waals surface area contributed by atoms with Crippen LogP contribution in [-0.4, -0.2) is 20.6 Å². The molecular weight excluding hydrogens is 272 g/mol. The summed E-state index contributed by atoms with van der Waals surface area (Å²) in [6, 6.07) is 2.09. The van der Waals surface area contributed by atoms with Crippen molar-refractivity contribution in [3.63, 3.8) is 0 Å². The summed E-state index contributed by atoms with van der Waals surface area (Å²) < 4.78 is 1.13. The van der Waals surface area contributed by atoms with E-state index in [2.05, 4.69) is 48.0 Å². The largest absolute Gasteiger partial charge is 0.231 e. The number of aromatic amines is 1. The Morgan fingerprint density at radius 1 is 1.62 bits per heavy atom. The molecule has 0 aliphatic carbocycles. The molecule has 0 unspecified atom stereocenters. The average molecular weight is 277 g/mol. The minimum absolute atomic E-state index is 0.685. The molecule has 0 fully saturated rings. The zero-order valence-corrected chi connectivity index (χ0v) is 9.62. The number of aromatic nitrogens is 4. The molecule has 2 rings (SSSR count). The molecule has 0 aromatic carbocycles. The summed E-state index contributed by atoms with van der Waals surface area (Å²) in [6.07, 6.45) is 0. The molecule has 2 aromatic heterocycles. The lowest BCUT2D eigenvalue weighted by molar-refractivity contribution is 0.881. The summed E-state index contributed by atoms with van der Waals surface area (Å²) in [5.41, 5.74) is 0. The van der Waals surface area contributed by atoms with Crippen molar-refractivity contribution in [1.29, 1.82) is 0 Å². The Balaban J connectivity index is 1.93. The standard InChI is InChI=1S/C6H5BrN4S2/c7-4-1-5(12-2-4)3-13-6-8-10-11-9-6/h1-2H,3H2,(H,8,9,10,11). The van der Waals surface area contributed by atoms with Gasteiger partial charge in [-0.05, 0) is 27.2 Å². The number of tetrazole rings is 1. The summed E-state index contributed by atoms with van der Waals surface area (Å²) >= 11 is 6.69. The van der Waals surface area contributed by atoms with Crippen LogP contribution in [-0.2, 0) is 5.75 Å². The molecule has 0 spiro atoms. The van der Waals surface area contributed by atoms with Crippen LogP contribution in [0.2, 0.25) is 0 Å². The molecule has 7 heteroatoms. The van der Waals surface area contributed by atoms with Gasteiger partial charge in [0.05, 0.1) is 0 Å². The number of halogens is 1. The summed E-state index contributed by atoms with van der Waals surface area (Å²) in [6.45, 7) is 0. The van der Waals surface area contributed by atoms with Crippen LogP contribution in [0, 0.1) is 0 Å². The zero-order chi connectivity index (χ0) is 9.10. The van der Waals surface area contributed by atoms with Crippen LogP contribution in [0.4, 0.5) is 0 Å². The first-order chi connectivity index (χ1) is 6.34. The van der Waals surface area contributed by atoms with Crippen molar-refractivity contribution >= 4 is 39.0 Å². The quantitative estimate of drug-likeness (QED) is 0.875. The van der Waals surface area contributed by atoms with Gasteiger partial charge in [0.1, 0.15) is 0 Å². The normalized spacial score (nSPS) is 10.5. The second kappa shape index (κ2) is 4.21. The van der Waals surface area contributed by atoms with Crippen LogP contribution in [0.25, 0.3) is 0 Å². The Morgan fingerprint density at radius 2 is 2.54 bits per heavy atom. The van der Waals surface area contributed by atoms with Gasteiger partial charge in [-0.1, -0.05) is 11.8 Å². The topological polar surface area (TPSA) is 54.5 Å². The van der Waals surface area contributed by atoms with Gasteiger partial charge >= 0.3 is 0 Å². The highest BCUT2D eigenvalue weighted by Crippen LogP contribution is 2.25. The van der Waals surface area contributed by atoms with E-state index in [9.17, 15) is 0 Å². The van der Waals surface area contributed by atoms with Gasteiger partial charge in [-0.25, -0.2) is 0 Å². The maximum atomic E-state index is 3.85. The molecule has 2 aromatic rings. The lowest BCUT2D eigenvalue weighted by Crippen LogP contribution is -1.77. The van der Waals surface area contributed by atoms with Gasteiger partial charge in [0.2, 0.25) is 5.16 Å². The SMILES string of the molecule is Brc1csc(CSc2nn[nH]n2)c1. The maximum Gasteiger partial charge on any atom is 0.231 e. The van der Waals surface area contributed by atoms with Crippen LogP contribution < -0.4 is 0 Å². The lowest BCUT2D eigenvalue weighted by Gasteiger charge is -1.90. The highest BCUT2D eigenvalue weighted by Gasteiger charge is 2.01. The molecule has 0 bridgehead atoms. The minimum Gasteiger partial charge on any atom is -0.176 e. The van der Waals surface area contributed by atoms with E-state index in [0.29, 0.717) is 5.16 Å². The first-order valence-electron chi connectivity index (χ1n) is 3.44. The molecule has 0 radical (unpaired) electrons. The van der Waals surface area contributed by atoms with E-state index in [-0.39, 0.29) is 0 Å². The minimum atomic E-state index is 0.685. The van der Waals surface area contributed by atoms with E-state index in [0.717, 1.165) is 10.2 Å². The third-order valence-electron chi connectivity index (χ3n) is 1.29. The van der Waals surface area contributed by atoms with Gasteiger partial charge in [0, 0.05) is 20.5 Å². The molecule has 0 amide bonds. The van der Waals surface area contributed by atoms with Gasteiger partial charge in [-0.3, -0.25) is 0 Å². The first kappa shape index (κ1) is 9.17. The van der Waals surface area contributed by atoms with Crippen LogP contribution in [0.5, 0.6) is 0 Å². The van der Waals surface area contributed by atoms with Gasteiger partial charge < -0.3 is 0 Å². The first-order valence-corrected chi connectivity index (χ1v) is 6.09. The molecule has 0 atom stereocenters. The number of thiophene rings is 1. The van der Waals surface area contributed by atoms with E-state index in [1.54, 1.807) is 23.1 Å². The van der Waals surface area contributed by atoms with E-state index >= 15 is 0 Å². The summed E-state index contributed by atoms with van der Waals surface area (Å²) in [4.78, 5) is 1.29. The van der Waals surface area contributed by atoms with Crippen LogP contribution in [0.1, 0.15) is 4.88 Å². The van der Waals surface area contributed by atoms with E-state index in [4.69, 9.17) is 0 Å². The number of rotatable bonds is 3. The Labute approximate surface area is 91.3 Å². The van der Waals surface area contributed by atoms with Crippen LogP contribution in [0.3, 0.4) is 0 Å². The molecule has 0 aliphatic rings. The van der Waals surface area contributed by atoms with Crippen molar-refractivity contribution in [3.8, 4) is 0 Å².